The van der Waals surface area contributed by atoms with E-state index in [4.69, 9.17) is 19.6 Å². The van der Waals surface area contributed by atoms with Crippen LogP contribution >= 0.6 is 0 Å². The number of hydrogen-bond acceptors (Lipinski definition) is 7. The summed E-state index contributed by atoms with van der Waals surface area (Å²) >= 11 is 0. The molecule has 0 saturated carbocycles. The second kappa shape index (κ2) is 8.74. The van der Waals surface area contributed by atoms with Gasteiger partial charge in [-0.25, -0.2) is 19.0 Å². The van der Waals surface area contributed by atoms with E-state index in [-0.39, 0.29) is 6.04 Å². The second-order valence-electron chi connectivity index (χ2n) is 9.75. The summed E-state index contributed by atoms with van der Waals surface area (Å²) in [6.07, 6.45) is 2.88. The van der Waals surface area contributed by atoms with E-state index in [1.165, 1.54) is 0 Å². The molecule has 37 heavy (non-hydrogen) atoms. The number of alkyl carbamates (subject to hydrolysis) is 1. The molecule has 0 fully saturated rings. The highest BCUT2D eigenvalue weighted by Crippen LogP contribution is 2.39. The topological polar surface area (TPSA) is 108 Å². The number of fused-ring (bicyclic) bond motifs is 2. The highest BCUT2D eigenvalue weighted by molar-refractivity contribution is 5.82. The molecule has 1 N–H and O–H groups in total. The molecule has 0 unspecified atom stereocenters. The van der Waals surface area contributed by atoms with Crippen molar-refractivity contribution in [1.82, 2.24) is 34.9 Å². The average molecular weight is 496 g/mol. The summed E-state index contributed by atoms with van der Waals surface area (Å²) in [5.74, 6) is 1.32. The molecule has 10 heteroatoms. The molecule has 0 radical (unpaired) electrons. The van der Waals surface area contributed by atoms with Gasteiger partial charge in [-0.15, -0.1) is 10.2 Å². The molecule has 0 saturated heterocycles. The maximum absolute atomic E-state index is 12.3. The van der Waals surface area contributed by atoms with Crippen LogP contribution in [-0.4, -0.2) is 47.9 Å². The number of benzene rings is 2. The molecular weight excluding hydrogens is 470 g/mol. The minimum absolute atomic E-state index is 0.291. The Hall–Kier alpha value is -4.73. The lowest BCUT2D eigenvalue weighted by Crippen LogP contribution is -2.35. The van der Waals surface area contributed by atoms with Crippen molar-refractivity contribution in [2.45, 2.75) is 32.4 Å². The number of nitrogens with one attached hydrogen (secondary N) is 1. The molecule has 10 nitrogen and oxygen atoms in total. The monoisotopic (exact) mass is 495 g/mol. The van der Waals surface area contributed by atoms with Crippen LogP contribution in [0.3, 0.4) is 0 Å². The third-order valence-corrected chi connectivity index (χ3v) is 5.93. The first-order valence-electron chi connectivity index (χ1n) is 11.9. The number of rotatable bonds is 4. The zero-order valence-electron chi connectivity index (χ0n) is 20.6. The number of ether oxygens (including phenoxy) is 2. The predicted molar refractivity (Wildman–Crippen MR) is 136 cm³/mol. The van der Waals surface area contributed by atoms with Crippen LogP contribution in [0.4, 0.5) is 4.79 Å². The summed E-state index contributed by atoms with van der Waals surface area (Å²) in [5, 5.41) is 15.7. The third kappa shape index (κ3) is 4.37. The van der Waals surface area contributed by atoms with Crippen molar-refractivity contribution >= 4 is 11.7 Å². The van der Waals surface area contributed by atoms with Crippen LogP contribution in [0.2, 0.25) is 0 Å². The number of hydrogen-bond donors (Lipinski definition) is 1. The summed E-state index contributed by atoms with van der Waals surface area (Å²) in [5.41, 5.74) is 4.48. The van der Waals surface area contributed by atoms with Gasteiger partial charge in [0.15, 0.2) is 11.5 Å². The van der Waals surface area contributed by atoms with E-state index in [1.807, 2.05) is 86.0 Å². The van der Waals surface area contributed by atoms with Gasteiger partial charge in [0.25, 0.3) is 0 Å². The molecule has 1 amide bonds. The SMILES string of the molecule is CC(C)(C)OC(=O)N[C@H]1COc2cc(-c3nc4ccc(-n5ccnn5)nn4c3-c3ccccc3)ccc21. The Balaban J connectivity index is 1.41. The minimum atomic E-state index is -0.574. The highest BCUT2D eigenvalue weighted by atomic mass is 16.6. The molecule has 4 heterocycles. The molecular formula is C27H25N7O3. The van der Waals surface area contributed by atoms with E-state index in [0.29, 0.717) is 23.8 Å². The number of carbonyl (C=O) groups excluding carboxylic acids is 1. The first kappa shape index (κ1) is 22.7. The van der Waals surface area contributed by atoms with E-state index in [9.17, 15) is 4.79 Å². The van der Waals surface area contributed by atoms with Crippen molar-refractivity contribution in [3.63, 3.8) is 0 Å². The maximum Gasteiger partial charge on any atom is 0.408 e. The zero-order valence-corrected chi connectivity index (χ0v) is 20.6. The van der Waals surface area contributed by atoms with Crippen molar-refractivity contribution in [3.05, 3.63) is 78.6 Å². The van der Waals surface area contributed by atoms with E-state index in [1.54, 1.807) is 17.1 Å². The Kier molecular flexibility index (Phi) is 5.36. The number of aromatic nitrogens is 6. The van der Waals surface area contributed by atoms with Gasteiger partial charge in [0, 0.05) is 16.7 Å². The van der Waals surface area contributed by atoms with Crippen LogP contribution in [0.25, 0.3) is 34.0 Å². The van der Waals surface area contributed by atoms with Gasteiger partial charge in [0.05, 0.1) is 24.1 Å². The number of imidazole rings is 1. The standard InChI is InChI=1S/C27H25N7O3/c1-27(2,3)37-26(35)29-20-16-36-21-15-18(9-10-19(20)21)24-25(17-7-5-4-6-8-17)34-22(30-24)11-12-23(31-34)33-14-13-28-32-33/h4-15,20H,16H2,1-3H3,(H,29,35)/t20-/m0/s1. The van der Waals surface area contributed by atoms with Crippen molar-refractivity contribution in [3.8, 4) is 34.1 Å². The smallest absolute Gasteiger partial charge is 0.408 e. The Morgan fingerprint density at radius 2 is 1.92 bits per heavy atom. The summed E-state index contributed by atoms with van der Waals surface area (Å²) in [6.45, 7) is 5.83. The van der Waals surface area contributed by atoms with Gasteiger partial charge in [-0.05, 0) is 39.0 Å². The lowest BCUT2D eigenvalue weighted by Gasteiger charge is -2.21. The molecule has 186 valence electrons. The lowest BCUT2D eigenvalue weighted by atomic mass is 10.0. The lowest BCUT2D eigenvalue weighted by molar-refractivity contribution is 0.0497. The number of carbonyl (C=O) groups is 1. The number of nitrogens with zero attached hydrogens (tertiary/aromatic N) is 6. The molecule has 0 aliphatic carbocycles. The molecule has 3 aromatic heterocycles. The highest BCUT2D eigenvalue weighted by Gasteiger charge is 2.29. The Bertz CT molecular complexity index is 1590. The molecule has 1 atom stereocenters. The minimum Gasteiger partial charge on any atom is -0.491 e. The molecule has 1 aliphatic rings. The predicted octanol–water partition coefficient (Wildman–Crippen LogP) is 4.60. The molecule has 2 aromatic carbocycles. The fraction of sp³-hybridized carbons (Fsp3) is 0.222. The van der Waals surface area contributed by atoms with Crippen LogP contribution < -0.4 is 10.1 Å². The first-order valence-corrected chi connectivity index (χ1v) is 11.9. The first-order chi connectivity index (χ1) is 17.9. The van der Waals surface area contributed by atoms with Gasteiger partial charge >= 0.3 is 6.09 Å². The van der Waals surface area contributed by atoms with E-state index >= 15 is 0 Å². The Morgan fingerprint density at radius 3 is 2.68 bits per heavy atom. The van der Waals surface area contributed by atoms with Crippen LogP contribution in [0, 0.1) is 0 Å². The maximum atomic E-state index is 12.3. The van der Waals surface area contributed by atoms with Crippen molar-refractivity contribution in [1.29, 1.82) is 0 Å². The van der Waals surface area contributed by atoms with Crippen molar-refractivity contribution in [2.24, 2.45) is 0 Å². The van der Waals surface area contributed by atoms with E-state index in [0.717, 1.165) is 28.1 Å². The van der Waals surface area contributed by atoms with Gasteiger partial charge in [-0.3, -0.25) is 0 Å². The Labute approximate surface area is 212 Å². The summed E-state index contributed by atoms with van der Waals surface area (Å²) in [4.78, 5) is 17.2. The fourth-order valence-electron chi connectivity index (χ4n) is 4.36. The van der Waals surface area contributed by atoms with Crippen LogP contribution in [0.5, 0.6) is 5.75 Å². The summed E-state index contributed by atoms with van der Waals surface area (Å²) < 4.78 is 14.8. The summed E-state index contributed by atoms with van der Waals surface area (Å²) in [6, 6.07) is 19.4. The van der Waals surface area contributed by atoms with Gasteiger partial charge in [0.2, 0.25) is 0 Å². The number of amides is 1. The van der Waals surface area contributed by atoms with Gasteiger partial charge < -0.3 is 14.8 Å². The average Bonchev–Trinajstić information content (AvgIpc) is 3.62. The Morgan fingerprint density at radius 1 is 1.08 bits per heavy atom. The third-order valence-electron chi connectivity index (χ3n) is 5.93. The largest absolute Gasteiger partial charge is 0.491 e. The molecule has 6 rings (SSSR count). The van der Waals surface area contributed by atoms with E-state index < -0.39 is 11.7 Å². The van der Waals surface area contributed by atoms with Gasteiger partial charge in [-0.2, -0.15) is 0 Å². The molecule has 5 aromatic rings. The van der Waals surface area contributed by atoms with Crippen molar-refractivity contribution in [2.75, 3.05) is 6.61 Å². The fourth-order valence-corrected chi connectivity index (χ4v) is 4.36. The zero-order chi connectivity index (χ0) is 25.6. The van der Waals surface area contributed by atoms with Crippen LogP contribution in [0.1, 0.15) is 32.4 Å². The van der Waals surface area contributed by atoms with E-state index in [2.05, 4.69) is 15.6 Å². The molecule has 0 spiro atoms. The van der Waals surface area contributed by atoms with Crippen molar-refractivity contribution < 1.29 is 14.3 Å². The normalized spacial score (nSPS) is 14.8. The van der Waals surface area contributed by atoms with Crippen LogP contribution in [-0.2, 0) is 4.74 Å². The second-order valence-corrected chi connectivity index (χ2v) is 9.75. The van der Waals surface area contributed by atoms with Gasteiger partial charge in [0.1, 0.15) is 23.7 Å². The van der Waals surface area contributed by atoms with Crippen LogP contribution in [0.15, 0.2) is 73.1 Å². The quantitative estimate of drug-likeness (QED) is 0.388. The summed E-state index contributed by atoms with van der Waals surface area (Å²) in [7, 11) is 0. The molecule has 0 bridgehead atoms. The van der Waals surface area contributed by atoms with Gasteiger partial charge in [-0.1, -0.05) is 47.7 Å². The molecule has 1 aliphatic heterocycles.